The Kier molecular flexibility index (Phi) is 9.93. The number of carbonyl (C=O) groups is 2. The van der Waals surface area contributed by atoms with Gasteiger partial charge in [-0.05, 0) is 44.0 Å². The Morgan fingerprint density at radius 2 is 1.90 bits per heavy atom. The molecule has 0 aliphatic heterocycles. The third-order valence-electron chi connectivity index (χ3n) is 3.85. The van der Waals surface area contributed by atoms with Crippen molar-refractivity contribution in [3.05, 3.63) is 29.8 Å². The second-order valence-corrected chi connectivity index (χ2v) is 8.63. The van der Waals surface area contributed by atoms with Gasteiger partial charge in [-0.1, -0.05) is 49.8 Å². The molecule has 1 N–H and O–H groups in total. The summed E-state index contributed by atoms with van der Waals surface area (Å²) >= 11 is 2.56. The third kappa shape index (κ3) is 7.66. The van der Waals surface area contributed by atoms with E-state index in [-0.39, 0.29) is 17.1 Å². The van der Waals surface area contributed by atoms with Crippen molar-refractivity contribution < 1.29 is 19.1 Å². The number of thioether (sulfide) groups is 1. The smallest absolute Gasteiger partial charge is 0.319 e. The van der Waals surface area contributed by atoms with Crippen molar-refractivity contribution in [1.29, 1.82) is 0 Å². The predicted octanol–water partition coefficient (Wildman–Crippen LogP) is 4.79. The lowest BCUT2D eigenvalue weighted by molar-refractivity contribution is -0.142. The Bertz CT molecular complexity index is 780. The molecule has 0 aliphatic carbocycles. The van der Waals surface area contributed by atoms with E-state index in [2.05, 4.69) is 22.4 Å². The van der Waals surface area contributed by atoms with E-state index in [0.29, 0.717) is 34.7 Å². The molecule has 1 atom stereocenters. The highest BCUT2D eigenvalue weighted by Gasteiger charge is 2.22. The zero-order valence-electron chi connectivity index (χ0n) is 17.0. The van der Waals surface area contributed by atoms with Crippen LogP contribution >= 0.6 is 23.1 Å². The van der Waals surface area contributed by atoms with Crippen LogP contribution in [-0.2, 0) is 9.53 Å². The van der Waals surface area contributed by atoms with Crippen LogP contribution in [0.15, 0.2) is 28.6 Å². The molecule has 0 spiro atoms. The topological polar surface area (TPSA) is 90.4 Å². The highest BCUT2D eigenvalue weighted by molar-refractivity contribution is 8.02. The second-order valence-electron chi connectivity index (χ2n) is 6.20. The van der Waals surface area contributed by atoms with Gasteiger partial charge in [-0.2, -0.15) is 0 Å². The summed E-state index contributed by atoms with van der Waals surface area (Å²) in [6.45, 7) is 6.92. The maximum absolute atomic E-state index is 12.4. The number of unbranched alkanes of at least 4 members (excludes halogenated alkanes) is 1. The minimum Gasteiger partial charge on any atom is -0.494 e. The third-order valence-corrected chi connectivity index (χ3v) is 6.02. The molecule has 0 bridgehead atoms. The molecule has 29 heavy (non-hydrogen) atoms. The van der Waals surface area contributed by atoms with Crippen molar-refractivity contribution in [2.75, 3.05) is 18.5 Å². The minimum atomic E-state index is -0.322. The lowest BCUT2D eigenvalue weighted by atomic mass is 10.2. The van der Waals surface area contributed by atoms with E-state index in [9.17, 15) is 9.59 Å². The molecule has 2 rings (SSSR count). The lowest BCUT2D eigenvalue weighted by Gasteiger charge is -2.11. The van der Waals surface area contributed by atoms with Gasteiger partial charge in [0.1, 0.15) is 11.0 Å². The Balaban J connectivity index is 1.93. The molecule has 0 radical (unpaired) electrons. The Morgan fingerprint density at radius 3 is 2.55 bits per heavy atom. The molecule has 0 saturated heterocycles. The molecule has 0 fully saturated rings. The van der Waals surface area contributed by atoms with Gasteiger partial charge in [0.2, 0.25) is 5.13 Å². The van der Waals surface area contributed by atoms with Crippen molar-refractivity contribution in [2.45, 2.75) is 56.0 Å². The highest BCUT2D eigenvalue weighted by Crippen LogP contribution is 2.31. The molecule has 7 nitrogen and oxygen atoms in total. The number of amides is 1. The molecule has 1 aromatic carbocycles. The number of rotatable bonds is 12. The summed E-state index contributed by atoms with van der Waals surface area (Å²) in [6, 6.07) is 6.98. The maximum atomic E-state index is 12.4. The van der Waals surface area contributed by atoms with Gasteiger partial charge in [-0.15, -0.1) is 10.2 Å². The van der Waals surface area contributed by atoms with Gasteiger partial charge in [0, 0.05) is 5.56 Å². The van der Waals surface area contributed by atoms with E-state index in [4.69, 9.17) is 9.47 Å². The lowest BCUT2D eigenvalue weighted by Crippen LogP contribution is -2.20. The van der Waals surface area contributed by atoms with Gasteiger partial charge in [0.15, 0.2) is 4.34 Å². The predicted molar refractivity (Wildman–Crippen MR) is 116 cm³/mol. The largest absolute Gasteiger partial charge is 0.494 e. The first kappa shape index (κ1) is 23.2. The summed E-state index contributed by atoms with van der Waals surface area (Å²) in [4.78, 5) is 24.5. The van der Waals surface area contributed by atoms with Crippen molar-refractivity contribution in [1.82, 2.24) is 10.2 Å². The van der Waals surface area contributed by atoms with Crippen molar-refractivity contribution >= 4 is 40.1 Å². The Morgan fingerprint density at radius 1 is 1.14 bits per heavy atom. The van der Waals surface area contributed by atoms with Gasteiger partial charge in [0.25, 0.3) is 5.91 Å². The molecule has 0 unspecified atom stereocenters. The van der Waals surface area contributed by atoms with Crippen molar-refractivity contribution in [3.8, 4) is 5.75 Å². The second kappa shape index (κ2) is 12.4. The normalized spacial score (nSPS) is 11.7. The molecule has 9 heteroatoms. The first-order valence-electron chi connectivity index (χ1n) is 9.78. The van der Waals surface area contributed by atoms with Gasteiger partial charge in [-0.25, -0.2) is 0 Å². The van der Waals surface area contributed by atoms with E-state index < -0.39 is 0 Å². The average molecular weight is 438 g/mol. The molecule has 158 valence electrons. The molecule has 1 amide bonds. The van der Waals surface area contributed by atoms with Crippen LogP contribution < -0.4 is 10.1 Å². The van der Waals surface area contributed by atoms with Gasteiger partial charge in [-0.3, -0.25) is 14.9 Å². The highest BCUT2D eigenvalue weighted by atomic mass is 32.2. The van der Waals surface area contributed by atoms with Crippen LogP contribution in [0.5, 0.6) is 5.75 Å². The summed E-state index contributed by atoms with van der Waals surface area (Å²) in [7, 11) is 0. The fourth-order valence-corrected chi connectivity index (χ4v) is 4.46. The zero-order valence-corrected chi connectivity index (χ0v) is 18.6. The Hall–Kier alpha value is -2.13. The first-order valence-corrected chi connectivity index (χ1v) is 11.5. The number of hydrogen-bond acceptors (Lipinski definition) is 8. The van der Waals surface area contributed by atoms with Crippen LogP contribution in [-0.4, -0.2) is 40.5 Å². The summed E-state index contributed by atoms with van der Waals surface area (Å²) in [5.74, 6) is 0.222. The number of esters is 1. The molecule has 0 aliphatic rings. The molecule has 1 aromatic heterocycles. The van der Waals surface area contributed by atoms with Crippen molar-refractivity contribution in [3.63, 3.8) is 0 Å². The number of nitrogens with zero attached hydrogens (tertiary/aromatic N) is 2. The molecular formula is C20H27N3O4S2. The van der Waals surface area contributed by atoms with Gasteiger partial charge >= 0.3 is 5.97 Å². The summed E-state index contributed by atoms with van der Waals surface area (Å²) in [5.41, 5.74) is 0.507. The minimum absolute atomic E-state index is 0.249. The zero-order chi connectivity index (χ0) is 21.1. The van der Waals surface area contributed by atoms with E-state index >= 15 is 0 Å². The van der Waals surface area contributed by atoms with Crippen LogP contribution in [0.1, 0.15) is 56.8 Å². The summed E-state index contributed by atoms with van der Waals surface area (Å²) in [6.07, 6.45) is 3.62. The monoisotopic (exact) mass is 437 g/mol. The SMILES string of the molecule is CCCCOc1ccc(C(=O)Nc2nnc(S[C@@H](CCC)C(=O)OCC)s2)cc1. The van der Waals surface area contributed by atoms with E-state index in [0.717, 1.165) is 25.0 Å². The van der Waals surface area contributed by atoms with E-state index in [1.165, 1.54) is 23.1 Å². The summed E-state index contributed by atoms with van der Waals surface area (Å²) < 4.78 is 11.3. The number of benzene rings is 1. The molecule has 1 heterocycles. The molecular weight excluding hydrogens is 410 g/mol. The molecule has 2 aromatic rings. The van der Waals surface area contributed by atoms with Crippen molar-refractivity contribution in [2.24, 2.45) is 0 Å². The van der Waals surface area contributed by atoms with Crippen LogP contribution in [0, 0.1) is 0 Å². The number of anilines is 1. The van der Waals surface area contributed by atoms with Gasteiger partial charge in [0.05, 0.1) is 13.2 Å². The average Bonchev–Trinajstić information content (AvgIpc) is 3.15. The number of carbonyl (C=O) groups excluding carboxylic acids is 2. The fourth-order valence-electron chi connectivity index (χ4n) is 2.36. The quantitative estimate of drug-likeness (QED) is 0.221. The number of hydrogen-bond donors (Lipinski definition) is 1. The number of nitrogens with one attached hydrogen (secondary N) is 1. The first-order chi connectivity index (χ1) is 14.1. The standard InChI is InChI=1S/C20H27N3O4S2/c1-4-7-13-27-15-11-9-14(10-12-15)17(24)21-19-22-23-20(29-19)28-16(8-5-2)18(25)26-6-3/h9-12,16H,4-8,13H2,1-3H3,(H,21,22,24)/t16-/m0/s1. The fraction of sp³-hybridized carbons (Fsp3) is 0.500. The van der Waals surface area contributed by atoms with Crippen LogP contribution in [0.25, 0.3) is 0 Å². The Labute approximate surface area is 179 Å². The van der Waals surface area contributed by atoms with Crippen LogP contribution in [0.2, 0.25) is 0 Å². The van der Waals surface area contributed by atoms with E-state index in [1.807, 2.05) is 6.92 Å². The number of ether oxygens (including phenoxy) is 2. The van der Waals surface area contributed by atoms with Crippen LogP contribution in [0.3, 0.4) is 0 Å². The molecule has 0 saturated carbocycles. The summed E-state index contributed by atoms with van der Waals surface area (Å²) in [5, 5.41) is 10.9. The van der Waals surface area contributed by atoms with Crippen LogP contribution in [0.4, 0.5) is 5.13 Å². The number of aromatic nitrogens is 2. The maximum Gasteiger partial charge on any atom is 0.319 e. The van der Waals surface area contributed by atoms with Gasteiger partial charge < -0.3 is 9.47 Å². The van der Waals surface area contributed by atoms with E-state index in [1.54, 1.807) is 31.2 Å².